The topological polar surface area (TPSA) is 29.5 Å². The molecule has 1 rings (SSSR count). The van der Waals surface area contributed by atoms with Gasteiger partial charge in [0, 0.05) is 18.0 Å². The predicted octanol–water partition coefficient (Wildman–Crippen LogP) is 3.61. The van der Waals surface area contributed by atoms with E-state index in [2.05, 4.69) is 32.6 Å². The van der Waals surface area contributed by atoms with Crippen LogP contribution in [0.25, 0.3) is 6.08 Å². The molecule has 0 heterocycles. The first-order valence-electron chi connectivity index (χ1n) is 7.59. The standard InChI is InChI=1S/C18H27NO2/c1-5-19(6-2)14-18(3,4)15-21-17(20)13-12-16-10-8-7-9-11-16/h7-13H,5-6,14-15H2,1-4H3/b13-12+. The molecule has 116 valence electrons. The number of carbonyl (C=O) groups is 1. The zero-order chi connectivity index (χ0) is 15.7. The second-order valence-electron chi connectivity index (χ2n) is 5.98. The molecule has 0 aliphatic rings. The Morgan fingerprint density at radius 2 is 1.81 bits per heavy atom. The van der Waals surface area contributed by atoms with Crippen LogP contribution in [0.4, 0.5) is 0 Å². The van der Waals surface area contributed by atoms with Gasteiger partial charge in [-0.2, -0.15) is 0 Å². The number of benzene rings is 1. The van der Waals surface area contributed by atoms with Crippen molar-refractivity contribution in [2.45, 2.75) is 27.7 Å². The lowest BCUT2D eigenvalue weighted by atomic mass is 9.94. The van der Waals surface area contributed by atoms with Gasteiger partial charge in [-0.3, -0.25) is 0 Å². The number of nitrogens with zero attached hydrogens (tertiary/aromatic N) is 1. The molecule has 0 saturated carbocycles. The lowest BCUT2D eigenvalue weighted by Crippen LogP contribution is -2.37. The van der Waals surface area contributed by atoms with E-state index in [4.69, 9.17) is 4.74 Å². The van der Waals surface area contributed by atoms with Crippen LogP contribution in [-0.2, 0) is 9.53 Å². The third kappa shape index (κ3) is 7.09. The number of rotatable bonds is 8. The van der Waals surface area contributed by atoms with Crippen LogP contribution in [0.2, 0.25) is 0 Å². The van der Waals surface area contributed by atoms with Gasteiger partial charge in [0.05, 0.1) is 6.61 Å². The van der Waals surface area contributed by atoms with Crippen molar-refractivity contribution in [1.82, 2.24) is 4.90 Å². The molecule has 0 fully saturated rings. The predicted molar refractivity (Wildman–Crippen MR) is 88.0 cm³/mol. The van der Waals surface area contributed by atoms with Gasteiger partial charge < -0.3 is 9.64 Å². The van der Waals surface area contributed by atoms with Gasteiger partial charge in [-0.15, -0.1) is 0 Å². The molecule has 0 aliphatic heterocycles. The van der Waals surface area contributed by atoms with E-state index in [1.807, 2.05) is 30.3 Å². The Hall–Kier alpha value is -1.61. The third-order valence-electron chi connectivity index (χ3n) is 3.36. The molecule has 0 amide bonds. The lowest BCUT2D eigenvalue weighted by molar-refractivity contribution is -0.141. The van der Waals surface area contributed by atoms with Crippen LogP contribution in [0.5, 0.6) is 0 Å². The van der Waals surface area contributed by atoms with E-state index in [1.165, 1.54) is 6.08 Å². The average Bonchev–Trinajstić information content (AvgIpc) is 2.49. The first kappa shape index (κ1) is 17.4. The van der Waals surface area contributed by atoms with Crippen molar-refractivity contribution in [2.24, 2.45) is 5.41 Å². The summed E-state index contributed by atoms with van der Waals surface area (Å²) in [6, 6.07) is 9.74. The monoisotopic (exact) mass is 289 g/mol. The summed E-state index contributed by atoms with van der Waals surface area (Å²) in [5.41, 5.74) is 0.958. The van der Waals surface area contributed by atoms with Gasteiger partial charge in [-0.1, -0.05) is 58.0 Å². The number of hydrogen-bond donors (Lipinski definition) is 0. The fourth-order valence-corrected chi connectivity index (χ4v) is 2.14. The zero-order valence-corrected chi connectivity index (χ0v) is 13.6. The van der Waals surface area contributed by atoms with E-state index in [0.717, 1.165) is 25.2 Å². The van der Waals surface area contributed by atoms with Gasteiger partial charge >= 0.3 is 5.97 Å². The van der Waals surface area contributed by atoms with E-state index < -0.39 is 0 Å². The van der Waals surface area contributed by atoms with Crippen LogP contribution < -0.4 is 0 Å². The largest absolute Gasteiger partial charge is 0.462 e. The second kappa shape index (κ2) is 8.63. The highest BCUT2D eigenvalue weighted by Gasteiger charge is 2.22. The molecule has 0 N–H and O–H groups in total. The second-order valence-corrected chi connectivity index (χ2v) is 5.98. The van der Waals surface area contributed by atoms with Crippen LogP contribution in [0, 0.1) is 5.41 Å². The van der Waals surface area contributed by atoms with E-state index in [0.29, 0.717) is 6.61 Å². The Balaban J connectivity index is 2.43. The van der Waals surface area contributed by atoms with Crippen molar-refractivity contribution in [3.05, 3.63) is 42.0 Å². The normalized spacial score (nSPS) is 12.0. The van der Waals surface area contributed by atoms with Crippen molar-refractivity contribution in [1.29, 1.82) is 0 Å². The summed E-state index contributed by atoms with van der Waals surface area (Å²) in [7, 11) is 0. The molecule has 0 spiro atoms. The first-order chi connectivity index (χ1) is 9.96. The molecule has 0 aliphatic carbocycles. The smallest absolute Gasteiger partial charge is 0.330 e. The van der Waals surface area contributed by atoms with Crippen LogP contribution in [0.15, 0.2) is 36.4 Å². The molecule has 21 heavy (non-hydrogen) atoms. The Kier molecular flexibility index (Phi) is 7.17. The highest BCUT2D eigenvalue weighted by Crippen LogP contribution is 2.17. The van der Waals surface area contributed by atoms with Gasteiger partial charge in [0.15, 0.2) is 0 Å². The van der Waals surface area contributed by atoms with Crippen LogP contribution in [0.3, 0.4) is 0 Å². The minimum absolute atomic E-state index is 0.0394. The van der Waals surface area contributed by atoms with Gasteiger partial charge in [0.1, 0.15) is 0 Å². The zero-order valence-electron chi connectivity index (χ0n) is 13.6. The third-order valence-corrected chi connectivity index (χ3v) is 3.36. The van der Waals surface area contributed by atoms with Gasteiger partial charge in [-0.25, -0.2) is 4.79 Å². The minimum atomic E-state index is -0.286. The molecular weight excluding hydrogens is 262 g/mol. The molecule has 3 nitrogen and oxygen atoms in total. The van der Waals surface area contributed by atoms with Crippen molar-refractivity contribution in [3.63, 3.8) is 0 Å². The van der Waals surface area contributed by atoms with E-state index in [-0.39, 0.29) is 11.4 Å². The fourth-order valence-electron chi connectivity index (χ4n) is 2.14. The molecule has 0 atom stereocenters. The summed E-state index contributed by atoms with van der Waals surface area (Å²) < 4.78 is 5.37. The Morgan fingerprint density at radius 3 is 2.38 bits per heavy atom. The quantitative estimate of drug-likeness (QED) is 0.541. The van der Waals surface area contributed by atoms with Gasteiger partial charge in [0.25, 0.3) is 0 Å². The molecule has 1 aromatic carbocycles. The number of hydrogen-bond acceptors (Lipinski definition) is 3. The molecule has 0 radical (unpaired) electrons. The molecule has 0 saturated heterocycles. The van der Waals surface area contributed by atoms with E-state index in [9.17, 15) is 4.79 Å². The van der Waals surface area contributed by atoms with Crippen molar-refractivity contribution < 1.29 is 9.53 Å². The number of carbonyl (C=O) groups excluding carboxylic acids is 1. The van der Waals surface area contributed by atoms with Crippen molar-refractivity contribution >= 4 is 12.0 Å². The van der Waals surface area contributed by atoms with Crippen molar-refractivity contribution in [2.75, 3.05) is 26.2 Å². The summed E-state index contributed by atoms with van der Waals surface area (Å²) in [4.78, 5) is 14.1. The average molecular weight is 289 g/mol. The Labute approximate surface area is 128 Å². The maximum atomic E-state index is 11.8. The maximum Gasteiger partial charge on any atom is 0.330 e. The SMILES string of the molecule is CCN(CC)CC(C)(C)COC(=O)/C=C/c1ccccc1. The summed E-state index contributed by atoms with van der Waals surface area (Å²) >= 11 is 0. The molecule has 1 aromatic rings. The van der Waals surface area contributed by atoms with Crippen molar-refractivity contribution in [3.8, 4) is 0 Å². The van der Waals surface area contributed by atoms with Gasteiger partial charge in [-0.05, 0) is 24.7 Å². The molecule has 0 bridgehead atoms. The minimum Gasteiger partial charge on any atom is -0.462 e. The molecule has 3 heteroatoms. The highest BCUT2D eigenvalue weighted by atomic mass is 16.5. The van der Waals surface area contributed by atoms with Crippen LogP contribution in [-0.4, -0.2) is 37.1 Å². The lowest BCUT2D eigenvalue weighted by Gasteiger charge is -2.30. The summed E-state index contributed by atoms with van der Waals surface area (Å²) in [6.07, 6.45) is 3.27. The number of ether oxygens (including phenoxy) is 1. The molecule has 0 aromatic heterocycles. The summed E-state index contributed by atoms with van der Waals surface area (Å²) in [6.45, 7) is 11.9. The number of esters is 1. The molecular formula is C18H27NO2. The van der Waals surface area contributed by atoms with E-state index in [1.54, 1.807) is 6.08 Å². The highest BCUT2D eigenvalue weighted by molar-refractivity contribution is 5.87. The Bertz CT molecular complexity index is 448. The van der Waals surface area contributed by atoms with Crippen LogP contribution >= 0.6 is 0 Å². The maximum absolute atomic E-state index is 11.8. The Morgan fingerprint density at radius 1 is 1.19 bits per heavy atom. The summed E-state index contributed by atoms with van der Waals surface area (Å²) in [5.74, 6) is -0.286. The summed E-state index contributed by atoms with van der Waals surface area (Å²) in [5, 5.41) is 0. The molecule has 0 unspecified atom stereocenters. The fraction of sp³-hybridized carbons (Fsp3) is 0.500. The first-order valence-corrected chi connectivity index (χ1v) is 7.59. The van der Waals surface area contributed by atoms with E-state index >= 15 is 0 Å². The van der Waals surface area contributed by atoms with Gasteiger partial charge in [0.2, 0.25) is 0 Å². The van der Waals surface area contributed by atoms with Crippen LogP contribution in [0.1, 0.15) is 33.3 Å².